The third kappa shape index (κ3) is 4.06. The molecular weight excluding hydrogens is 352 g/mol. The number of carbonyl (C=O) groups is 1. The Morgan fingerprint density at radius 3 is 2.70 bits per heavy atom. The van der Waals surface area contributed by atoms with E-state index >= 15 is 0 Å². The number of piperidine rings is 1. The molecule has 2 aromatic carbocycles. The zero-order chi connectivity index (χ0) is 18.8. The number of carbonyl (C=O) groups excluding carboxylic acids is 1. The number of hydrogen-bond acceptors (Lipinski definition) is 3. The van der Waals surface area contributed by atoms with Crippen molar-refractivity contribution in [2.24, 2.45) is 5.92 Å². The molecule has 4 rings (SSSR count). The molecule has 0 bridgehead atoms. The number of nitrogens with zero attached hydrogens (tertiary/aromatic N) is 2. The second-order valence-corrected chi connectivity index (χ2v) is 8.84. The minimum Gasteiger partial charge on any atom is -0.342 e. The number of aryl methyl sites for hydroxylation is 1. The number of likely N-dealkylation sites (tertiary alicyclic amines) is 1. The molecule has 0 radical (unpaired) electrons. The monoisotopic (exact) mass is 378 g/mol. The highest BCUT2D eigenvalue weighted by molar-refractivity contribution is 7.11. The highest BCUT2D eigenvalue weighted by atomic mass is 32.1. The molecule has 1 aliphatic heterocycles. The van der Waals surface area contributed by atoms with Crippen molar-refractivity contribution >= 4 is 28.0 Å². The highest BCUT2D eigenvalue weighted by Gasteiger charge is 2.22. The molecule has 1 fully saturated rings. The van der Waals surface area contributed by atoms with Crippen LogP contribution in [0.3, 0.4) is 0 Å². The van der Waals surface area contributed by atoms with Gasteiger partial charge in [-0.1, -0.05) is 49.4 Å². The van der Waals surface area contributed by atoms with E-state index in [0.717, 1.165) is 53.8 Å². The molecule has 0 aliphatic carbocycles. The molecule has 0 spiro atoms. The first kappa shape index (κ1) is 18.2. The average Bonchev–Trinajstić information content (AvgIpc) is 3.01. The summed E-state index contributed by atoms with van der Waals surface area (Å²) in [4.78, 5) is 20.6. The molecule has 1 aliphatic rings. The van der Waals surface area contributed by atoms with Crippen LogP contribution in [0.1, 0.15) is 40.9 Å². The third-order valence-corrected chi connectivity index (χ3v) is 6.76. The van der Waals surface area contributed by atoms with Crippen LogP contribution in [0.5, 0.6) is 0 Å². The van der Waals surface area contributed by atoms with E-state index in [1.54, 1.807) is 11.3 Å². The fourth-order valence-corrected chi connectivity index (χ4v) is 4.93. The number of aromatic nitrogens is 1. The van der Waals surface area contributed by atoms with Gasteiger partial charge in [0.1, 0.15) is 0 Å². The molecule has 1 amide bonds. The van der Waals surface area contributed by atoms with E-state index < -0.39 is 0 Å². The van der Waals surface area contributed by atoms with E-state index in [0.29, 0.717) is 6.42 Å². The molecule has 1 aromatic heterocycles. The second kappa shape index (κ2) is 7.81. The molecule has 0 N–H and O–H groups in total. The Morgan fingerprint density at radius 1 is 1.15 bits per heavy atom. The first-order valence-electron chi connectivity index (χ1n) is 9.80. The van der Waals surface area contributed by atoms with Crippen LogP contribution in [0.2, 0.25) is 0 Å². The Hall–Kier alpha value is -2.20. The highest BCUT2D eigenvalue weighted by Crippen LogP contribution is 2.26. The van der Waals surface area contributed by atoms with Gasteiger partial charge in [0.05, 0.1) is 17.1 Å². The van der Waals surface area contributed by atoms with Gasteiger partial charge in [-0.15, -0.1) is 11.3 Å². The van der Waals surface area contributed by atoms with Gasteiger partial charge in [-0.3, -0.25) is 4.79 Å². The van der Waals surface area contributed by atoms with Crippen LogP contribution in [0, 0.1) is 12.8 Å². The predicted molar refractivity (Wildman–Crippen MR) is 112 cm³/mol. The number of benzene rings is 2. The standard InChI is InChI=1S/C23H26N2OS/c1-16-10-12-25(13-11-16)23(26)15-21-17(2)24-22(27-21)14-19-8-5-7-18-6-3-4-9-20(18)19/h3-9,16H,10-15H2,1-2H3. The van der Waals surface area contributed by atoms with Gasteiger partial charge in [0, 0.05) is 24.4 Å². The summed E-state index contributed by atoms with van der Waals surface area (Å²) in [5.41, 5.74) is 2.30. The first-order chi connectivity index (χ1) is 13.1. The van der Waals surface area contributed by atoms with Crippen molar-refractivity contribution in [2.45, 2.75) is 39.5 Å². The zero-order valence-electron chi connectivity index (χ0n) is 16.1. The van der Waals surface area contributed by atoms with Gasteiger partial charge in [-0.2, -0.15) is 0 Å². The first-order valence-corrected chi connectivity index (χ1v) is 10.6. The summed E-state index contributed by atoms with van der Waals surface area (Å²) >= 11 is 1.70. The summed E-state index contributed by atoms with van der Waals surface area (Å²) < 4.78 is 0. The fraction of sp³-hybridized carbons (Fsp3) is 0.391. The average molecular weight is 379 g/mol. The van der Waals surface area contributed by atoms with E-state index in [1.807, 2.05) is 11.8 Å². The normalized spacial score (nSPS) is 15.4. The summed E-state index contributed by atoms with van der Waals surface area (Å²) in [5.74, 6) is 0.997. The number of amides is 1. The molecule has 4 heteroatoms. The van der Waals surface area contributed by atoms with Crippen molar-refractivity contribution in [3.8, 4) is 0 Å². The van der Waals surface area contributed by atoms with Gasteiger partial charge >= 0.3 is 0 Å². The van der Waals surface area contributed by atoms with Crippen LogP contribution in [0.25, 0.3) is 10.8 Å². The van der Waals surface area contributed by atoms with Crippen LogP contribution in [0.15, 0.2) is 42.5 Å². The van der Waals surface area contributed by atoms with Crippen molar-refractivity contribution in [1.29, 1.82) is 0 Å². The summed E-state index contributed by atoms with van der Waals surface area (Å²) in [5, 5.41) is 3.64. The van der Waals surface area contributed by atoms with Crippen LogP contribution < -0.4 is 0 Å². The minimum absolute atomic E-state index is 0.255. The van der Waals surface area contributed by atoms with E-state index in [2.05, 4.69) is 49.4 Å². The number of fused-ring (bicyclic) bond motifs is 1. The lowest BCUT2D eigenvalue weighted by Crippen LogP contribution is -2.38. The summed E-state index contributed by atoms with van der Waals surface area (Å²) in [7, 11) is 0. The predicted octanol–water partition coefficient (Wildman–Crippen LogP) is 5.00. The van der Waals surface area contributed by atoms with Gasteiger partial charge in [0.25, 0.3) is 0 Å². The Bertz CT molecular complexity index is 949. The van der Waals surface area contributed by atoms with Crippen LogP contribution in [0.4, 0.5) is 0 Å². The van der Waals surface area contributed by atoms with Crippen molar-refractivity contribution in [3.63, 3.8) is 0 Å². The molecule has 3 nitrogen and oxygen atoms in total. The topological polar surface area (TPSA) is 33.2 Å². The number of rotatable bonds is 4. The SMILES string of the molecule is Cc1nc(Cc2cccc3ccccc23)sc1CC(=O)N1CCC(C)CC1. The number of hydrogen-bond donors (Lipinski definition) is 0. The second-order valence-electron chi connectivity index (χ2n) is 7.67. The molecule has 0 unspecified atom stereocenters. The van der Waals surface area contributed by atoms with Gasteiger partial charge in [-0.05, 0) is 42.0 Å². The van der Waals surface area contributed by atoms with Crippen molar-refractivity contribution in [3.05, 3.63) is 63.6 Å². The Morgan fingerprint density at radius 2 is 1.89 bits per heavy atom. The molecule has 2 heterocycles. The van der Waals surface area contributed by atoms with E-state index in [-0.39, 0.29) is 5.91 Å². The summed E-state index contributed by atoms with van der Waals surface area (Å²) in [6.07, 6.45) is 3.56. The van der Waals surface area contributed by atoms with E-state index in [4.69, 9.17) is 4.98 Å². The number of thiazole rings is 1. The van der Waals surface area contributed by atoms with Crippen LogP contribution >= 0.6 is 11.3 Å². The maximum absolute atomic E-state index is 12.7. The van der Waals surface area contributed by atoms with E-state index in [1.165, 1.54) is 16.3 Å². The van der Waals surface area contributed by atoms with Crippen molar-refractivity contribution in [2.75, 3.05) is 13.1 Å². The molecular formula is C23H26N2OS. The van der Waals surface area contributed by atoms with E-state index in [9.17, 15) is 4.79 Å². The van der Waals surface area contributed by atoms with Crippen LogP contribution in [-0.4, -0.2) is 28.9 Å². The summed E-state index contributed by atoms with van der Waals surface area (Å²) in [6, 6.07) is 14.9. The molecule has 0 atom stereocenters. The largest absolute Gasteiger partial charge is 0.342 e. The maximum atomic E-state index is 12.7. The quantitative estimate of drug-likeness (QED) is 0.640. The van der Waals surface area contributed by atoms with Gasteiger partial charge in [0.2, 0.25) is 5.91 Å². The molecule has 3 aromatic rings. The van der Waals surface area contributed by atoms with Gasteiger partial charge in [-0.25, -0.2) is 4.98 Å². The van der Waals surface area contributed by atoms with Crippen molar-refractivity contribution < 1.29 is 4.79 Å². The Labute approximate surface area is 165 Å². The molecule has 0 saturated carbocycles. The smallest absolute Gasteiger partial charge is 0.227 e. The lowest BCUT2D eigenvalue weighted by atomic mass is 9.99. The zero-order valence-corrected chi connectivity index (χ0v) is 16.9. The summed E-state index contributed by atoms with van der Waals surface area (Å²) in [6.45, 7) is 6.11. The third-order valence-electron chi connectivity index (χ3n) is 5.61. The Kier molecular flexibility index (Phi) is 5.26. The lowest BCUT2D eigenvalue weighted by Gasteiger charge is -2.30. The van der Waals surface area contributed by atoms with Gasteiger partial charge in [0.15, 0.2) is 0 Å². The molecule has 1 saturated heterocycles. The van der Waals surface area contributed by atoms with Gasteiger partial charge < -0.3 is 4.90 Å². The lowest BCUT2D eigenvalue weighted by molar-refractivity contribution is -0.131. The minimum atomic E-state index is 0.255. The van der Waals surface area contributed by atoms with Crippen LogP contribution in [-0.2, 0) is 17.6 Å². The Balaban J connectivity index is 1.49. The maximum Gasteiger partial charge on any atom is 0.227 e. The van der Waals surface area contributed by atoms with Crippen molar-refractivity contribution in [1.82, 2.24) is 9.88 Å². The molecule has 140 valence electrons. The fourth-order valence-electron chi connectivity index (χ4n) is 3.84. The molecule has 27 heavy (non-hydrogen) atoms.